The van der Waals surface area contributed by atoms with Crippen LogP contribution in [-0.2, 0) is 16.1 Å². The fraction of sp³-hybridized carbons (Fsp3) is 0.125. The van der Waals surface area contributed by atoms with E-state index in [0.29, 0.717) is 22.1 Å². The molecule has 0 bridgehead atoms. The molecule has 3 aromatic carbocycles. The molecule has 0 aliphatic heterocycles. The van der Waals surface area contributed by atoms with E-state index in [2.05, 4.69) is 4.98 Å². The van der Waals surface area contributed by atoms with E-state index in [-0.39, 0.29) is 12.5 Å². The number of thiazole rings is 1. The summed E-state index contributed by atoms with van der Waals surface area (Å²) in [4.78, 5) is 30.9. The highest BCUT2D eigenvalue weighted by Crippen LogP contribution is 2.30. The topological polar surface area (TPSA) is 68.7 Å². The lowest BCUT2D eigenvalue weighted by Gasteiger charge is -2.17. The zero-order chi connectivity index (χ0) is 21.8. The molecule has 0 fully saturated rings. The van der Waals surface area contributed by atoms with Crippen molar-refractivity contribution in [1.82, 2.24) is 4.98 Å². The third-order valence-corrected chi connectivity index (χ3v) is 5.57. The number of ether oxygens (including phenoxy) is 2. The van der Waals surface area contributed by atoms with Crippen LogP contribution < -0.4 is 9.64 Å². The van der Waals surface area contributed by atoms with Crippen LogP contribution in [0.4, 0.5) is 10.8 Å². The number of benzene rings is 3. The van der Waals surface area contributed by atoms with Gasteiger partial charge in [0.1, 0.15) is 17.9 Å². The molecule has 0 aliphatic carbocycles. The Balaban J connectivity index is 1.51. The summed E-state index contributed by atoms with van der Waals surface area (Å²) in [7, 11) is 1.52. The summed E-state index contributed by atoms with van der Waals surface area (Å²) in [6.45, 7) is 1.48. The summed E-state index contributed by atoms with van der Waals surface area (Å²) in [6.07, 6.45) is 0. The van der Waals surface area contributed by atoms with Crippen molar-refractivity contribution >= 4 is 44.8 Å². The van der Waals surface area contributed by atoms with E-state index >= 15 is 0 Å². The van der Waals surface area contributed by atoms with E-state index < -0.39 is 5.97 Å². The minimum Gasteiger partial charge on any atom is -0.496 e. The first-order valence-electron chi connectivity index (χ1n) is 9.61. The first-order chi connectivity index (χ1) is 15.1. The van der Waals surface area contributed by atoms with Gasteiger partial charge in [0.05, 0.1) is 18.5 Å². The van der Waals surface area contributed by atoms with Crippen LogP contribution in [0.5, 0.6) is 5.75 Å². The summed E-state index contributed by atoms with van der Waals surface area (Å²) >= 11 is 1.32. The van der Waals surface area contributed by atoms with Gasteiger partial charge in [-0.15, -0.1) is 11.3 Å². The van der Waals surface area contributed by atoms with Gasteiger partial charge in [-0.1, -0.05) is 42.5 Å². The summed E-state index contributed by atoms with van der Waals surface area (Å²) < 4.78 is 10.9. The number of fused-ring (bicyclic) bond motifs is 1. The highest BCUT2D eigenvalue weighted by atomic mass is 32.1. The van der Waals surface area contributed by atoms with Crippen LogP contribution in [0.15, 0.2) is 72.1 Å². The van der Waals surface area contributed by atoms with Crippen molar-refractivity contribution in [3.63, 3.8) is 0 Å². The smallest absolute Gasteiger partial charge is 0.342 e. The second-order valence-electron chi connectivity index (χ2n) is 6.79. The molecule has 4 aromatic rings. The number of aromatic nitrogens is 1. The van der Waals surface area contributed by atoms with Crippen molar-refractivity contribution in [2.45, 2.75) is 13.5 Å². The second-order valence-corrected chi connectivity index (χ2v) is 7.62. The van der Waals surface area contributed by atoms with Gasteiger partial charge < -0.3 is 9.47 Å². The number of hydrogen-bond donors (Lipinski definition) is 0. The van der Waals surface area contributed by atoms with Crippen LogP contribution in [0.25, 0.3) is 10.8 Å². The zero-order valence-electron chi connectivity index (χ0n) is 17.1. The number of para-hydroxylation sites is 1. The molecule has 0 saturated heterocycles. The minimum atomic E-state index is -0.497. The molecule has 156 valence electrons. The molecule has 0 radical (unpaired) electrons. The third kappa shape index (κ3) is 4.41. The van der Waals surface area contributed by atoms with Gasteiger partial charge in [0.25, 0.3) is 0 Å². The number of carbonyl (C=O) groups is 2. The van der Waals surface area contributed by atoms with Crippen LogP contribution >= 0.6 is 11.3 Å². The molecule has 0 N–H and O–H groups in total. The number of anilines is 2. The van der Waals surface area contributed by atoms with E-state index in [9.17, 15) is 9.59 Å². The van der Waals surface area contributed by atoms with Crippen molar-refractivity contribution in [1.29, 1.82) is 0 Å². The second kappa shape index (κ2) is 8.97. The maximum absolute atomic E-state index is 12.7. The fourth-order valence-corrected chi connectivity index (χ4v) is 4.11. The van der Waals surface area contributed by atoms with Crippen LogP contribution in [-0.4, -0.2) is 24.0 Å². The number of methoxy groups -OCH3 is 1. The third-order valence-electron chi connectivity index (χ3n) is 4.70. The Bertz CT molecular complexity index is 1240. The van der Waals surface area contributed by atoms with E-state index in [1.165, 1.54) is 30.3 Å². The largest absolute Gasteiger partial charge is 0.496 e. The molecule has 0 unspecified atom stereocenters. The Kier molecular flexibility index (Phi) is 5.95. The van der Waals surface area contributed by atoms with Crippen molar-refractivity contribution in [3.05, 3.63) is 83.4 Å². The number of nitrogens with zero attached hydrogens (tertiary/aromatic N) is 2. The lowest BCUT2D eigenvalue weighted by Crippen LogP contribution is -2.22. The van der Waals surface area contributed by atoms with E-state index in [1.54, 1.807) is 11.4 Å². The molecule has 7 heteroatoms. The predicted molar refractivity (Wildman–Crippen MR) is 121 cm³/mol. The summed E-state index contributed by atoms with van der Waals surface area (Å²) in [5, 5.41) is 4.20. The number of amides is 1. The van der Waals surface area contributed by atoms with Crippen molar-refractivity contribution < 1.29 is 19.1 Å². The van der Waals surface area contributed by atoms with Crippen molar-refractivity contribution in [2.75, 3.05) is 12.0 Å². The zero-order valence-corrected chi connectivity index (χ0v) is 17.9. The maximum atomic E-state index is 12.7. The first kappa shape index (κ1) is 20.6. The molecule has 0 spiro atoms. The Morgan fingerprint density at radius 3 is 2.35 bits per heavy atom. The van der Waals surface area contributed by atoms with Gasteiger partial charge in [-0.3, -0.25) is 9.69 Å². The molecule has 1 amide bonds. The average Bonchev–Trinajstić information content (AvgIpc) is 3.25. The minimum absolute atomic E-state index is 0.00809. The normalized spacial score (nSPS) is 10.6. The molecule has 6 nitrogen and oxygen atoms in total. The van der Waals surface area contributed by atoms with Gasteiger partial charge in [-0.05, 0) is 35.0 Å². The molecule has 1 aromatic heterocycles. The Labute approximate surface area is 183 Å². The van der Waals surface area contributed by atoms with Gasteiger partial charge >= 0.3 is 5.97 Å². The molecular weight excluding hydrogens is 412 g/mol. The molecule has 4 rings (SSSR count). The molecule has 1 heterocycles. The quantitative estimate of drug-likeness (QED) is 0.384. The monoisotopic (exact) mass is 432 g/mol. The molecule has 0 atom stereocenters. The van der Waals surface area contributed by atoms with Gasteiger partial charge in [0.15, 0.2) is 5.13 Å². The standard InChI is InChI=1S/C24H20N2O4S/c1-16(27)26(20-10-4-3-5-11-20)24-25-19(15-31-24)14-30-23(28)21-12-17-8-6-7-9-18(17)13-22(21)29-2/h3-13,15H,14H2,1-2H3. The SMILES string of the molecule is COc1cc2ccccc2cc1C(=O)OCc1csc(N(C(C)=O)c2ccccc2)n1. The molecular formula is C24H20N2O4S. The number of carbonyl (C=O) groups excluding carboxylic acids is 2. The first-order valence-corrected chi connectivity index (χ1v) is 10.5. The molecule has 0 aliphatic rings. The Hall–Kier alpha value is -3.71. The van der Waals surface area contributed by atoms with Crippen LogP contribution in [0.2, 0.25) is 0 Å². The average molecular weight is 433 g/mol. The van der Waals surface area contributed by atoms with Crippen LogP contribution in [0.3, 0.4) is 0 Å². The Morgan fingerprint density at radius 1 is 1.00 bits per heavy atom. The van der Waals surface area contributed by atoms with Gasteiger partial charge in [0.2, 0.25) is 5.91 Å². The lowest BCUT2D eigenvalue weighted by atomic mass is 10.1. The van der Waals surface area contributed by atoms with E-state index in [1.807, 2.05) is 60.7 Å². The lowest BCUT2D eigenvalue weighted by molar-refractivity contribution is -0.115. The molecule has 31 heavy (non-hydrogen) atoms. The van der Waals surface area contributed by atoms with Crippen molar-refractivity contribution in [3.8, 4) is 5.75 Å². The highest BCUT2D eigenvalue weighted by Gasteiger charge is 2.19. The van der Waals surface area contributed by atoms with Crippen LogP contribution in [0, 0.1) is 0 Å². The number of hydrogen-bond acceptors (Lipinski definition) is 6. The fourth-order valence-electron chi connectivity index (χ4n) is 3.23. The summed E-state index contributed by atoms with van der Waals surface area (Å²) in [5.41, 5.74) is 1.65. The predicted octanol–water partition coefficient (Wildman–Crippen LogP) is 5.35. The van der Waals surface area contributed by atoms with Gasteiger partial charge in [-0.2, -0.15) is 0 Å². The maximum Gasteiger partial charge on any atom is 0.342 e. The summed E-state index contributed by atoms with van der Waals surface area (Å²) in [6, 6.07) is 20.6. The van der Waals surface area contributed by atoms with Gasteiger partial charge in [0, 0.05) is 12.3 Å². The number of esters is 1. The number of rotatable bonds is 6. The Morgan fingerprint density at radius 2 is 1.68 bits per heavy atom. The van der Waals surface area contributed by atoms with Crippen LogP contribution in [0.1, 0.15) is 23.0 Å². The van der Waals surface area contributed by atoms with E-state index in [4.69, 9.17) is 9.47 Å². The molecule has 0 saturated carbocycles. The highest BCUT2D eigenvalue weighted by molar-refractivity contribution is 7.14. The van der Waals surface area contributed by atoms with Crippen molar-refractivity contribution in [2.24, 2.45) is 0 Å². The van der Waals surface area contributed by atoms with Gasteiger partial charge in [-0.25, -0.2) is 9.78 Å². The summed E-state index contributed by atoms with van der Waals surface area (Å²) in [5.74, 6) is -0.192. The van der Waals surface area contributed by atoms with E-state index in [0.717, 1.165) is 16.5 Å².